The zero-order valence-corrected chi connectivity index (χ0v) is 14.1. The van der Waals surface area contributed by atoms with Crippen molar-refractivity contribution < 1.29 is 14.3 Å². The van der Waals surface area contributed by atoms with Crippen molar-refractivity contribution in [3.05, 3.63) is 64.3 Å². The molecule has 0 spiro atoms. The van der Waals surface area contributed by atoms with Crippen LogP contribution in [0.15, 0.2) is 59.3 Å². The summed E-state index contributed by atoms with van der Waals surface area (Å²) in [5, 5.41) is 3.27. The number of nitrogens with zero attached hydrogens (tertiary/aromatic N) is 1. The average Bonchev–Trinajstić information content (AvgIpc) is 2.80. The van der Waals surface area contributed by atoms with Crippen molar-refractivity contribution in [2.24, 2.45) is 0 Å². The standard InChI is InChI=1S/C17H12Cl2N2O3/c1-24-13-4-2-3-12(9-13)21-16(22)14(19)15(17(21)23)20-11-7-5-10(18)6-8-11/h2-9,20H,1H3. The lowest BCUT2D eigenvalue weighted by atomic mass is 10.2. The first-order chi connectivity index (χ1) is 11.5. The highest BCUT2D eigenvalue weighted by Gasteiger charge is 2.39. The van der Waals surface area contributed by atoms with E-state index >= 15 is 0 Å². The lowest BCUT2D eigenvalue weighted by Crippen LogP contribution is -2.32. The minimum atomic E-state index is -0.591. The number of imide groups is 1. The number of methoxy groups -OCH3 is 1. The quantitative estimate of drug-likeness (QED) is 0.840. The molecule has 24 heavy (non-hydrogen) atoms. The Morgan fingerprint density at radius 2 is 1.71 bits per heavy atom. The molecular weight excluding hydrogens is 351 g/mol. The van der Waals surface area contributed by atoms with Crippen LogP contribution in [0.25, 0.3) is 0 Å². The molecule has 0 aromatic heterocycles. The molecule has 1 aliphatic heterocycles. The fourth-order valence-electron chi connectivity index (χ4n) is 2.27. The van der Waals surface area contributed by atoms with Crippen molar-refractivity contribution in [2.45, 2.75) is 0 Å². The fourth-order valence-corrected chi connectivity index (χ4v) is 2.61. The number of hydrogen-bond donors (Lipinski definition) is 1. The number of amides is 2. The Morgan fingerprint density at radius 1 is 1.00 bits per heavy atom. The van der Waals surface area contributed by atoms with E-state index in [-0.39, 0.29) is 10.7 Å². The van der Waals surface area contributed by atoms with Crippen LogP contribution in [0.5, 0.6) is 5.75 Å². The summed E-state index contributed by atoms with van der Waals surface area (Å²) in [5.74, 6) is -0.595. The van der Waals surface area contributed by atoms with Gasteiger partial charge in [-0.15, -0.1) is 0 Å². The highest BCUT2D eigenvalue weighted by molar-refractivity contribution is 6.53. The van der Waals surface area contributed by atoms with Gasteiger partial charge in [-0.2, -0.15) is 0 Å². The topological polar surface area (TPSA) is 58.6 Å². The molecule has 5 nitrogen and oxygen atoms in total. The molecule has 122 valence electrons. The summed E-state index contributed by atoms with van der Waals surface area (Å²) in [4.78, 5) is 26.0. The van der Waals surface area contributed by atoms with Gasteiger partial charge in [0.25, 0.3) is 11.8 Å². The van der Waals surface area contributed by atoms with Crippen LogP contribution in [0.1, 0.15) is 0 Å². The molecule has 0 bridgehead atoms. The van der Waals surface area contributed by atoms with Crippen LogP contribution in [0.2, 0.25) is 5.02 Å². The van der Waals surface area contributed by atoms with Gasteiger partial charge in [0, 0.05) is 16.8 Å². The van der Waals surface area contributed by atoms with E-state index in [1.54, 1.807) is 48.5 Å². The SMILES string of the molecule is COc1cccc(N2C(=O)C(Cl)=C(Nc3ccc(Cl)cc3)C2=O)c1. The molecule has 0 atom stereocenters. The van der Waals surface area contributed by atoms with Gasteiger partial charge in [-0.1, -0.05) is 29.3 Å². The van der Waals surface area contributed by atoms with Gasteiger partial charge in [0.15, 0.2) is 0 Å². The lowest BCUT2D eigenvalue weighted by molar-refractivity contribution is -0.120. The first-order valence-corrected chi connectivity index (χ1v) is 7.72. The highest BCUT2D eigenvalue weighted by atomic mass is 35.5. The summed E-state index contributed by atoms with van der Waals surface area (Å²) < 4.78 is 5.12. The molecule has 0 radical (unpaired) electrons. The summed E-state index contributed by atoms with van der Waals surface area (Å²) in [7, 11) is 1.51. The molecule has 3 rings (SSSR count). The van der Waals surface area contributed by atoms with Crippen LogP contribution in [0, 0.1) is 0 Å². The predicted octanol–water partition coefficient (Wildman–Crippen LogP) is 3.78. The average molecular weight is 363 g/mol. The number of carbonyl (C=O) groups excluding carboxylic acids is 2. The van der Waals surface area contributed by atoms with Crippen LogP contribution in [0.4, 0.5) is 11.4 Å². The summed E-state index contributed by atoms with van der Waals surface area (Å²) in [5.41, 5.74) is 1.00. The van der Waals surface area contributed by atoms with Crippen molar-refractivity contribution in [3.63, 3.8) is 0 Å². The second kappa shape index (κ2) is 6.55. The van der Waals surface area contributed by atoms with Crippen molar-refractivity contribution >= 4 is 46.4 Å². The third-order valence-corrected chi connectivity index (χ3v) is 4.06. The van der Waals surface area contributed by atoms with E-state index < -0.39 is 11.8 Å². The zero-order valence-electron chi connectivity index (χ0n) is 12.5. The summed E-state index contributed by atoms with van der Waals surface area (Å²) in [6.07, 6.45) is 0. The van der Waals surface area contributed by atoms with Gasteiger partial charge in [-0.3, -0.25) is 9.59 Å². The minimum absolute atomic E-state index is 0.0202. The van der Waals surface area contributed by atoms with Crippen molar-refractivity contribution in [2.75, 3.05) is 17.3 Å². The number of carbonyl (C=O) groups is 2. The molecule has 0 saturated heterocycles. The van der Waals surface area contributed by atoms with E-state index in [1.807, 2.05) is 0 Å². The molecule has 2 amide bonds. The van der Waals surface area contributed by atoms with E-state index in [9.17, 15) is 9.59 Å². The second-order valence-corrected chi connectivity index (χ2v) is 5.78. The van der Waals surface area contributed by atoms with Crippen LogP contribution in [-0.2, 0) is 9.59 Å². The van der Waals surface area contributed by atoms with Gasteiger partial charge in [-0.25, -0.2) is 4.90 Å². The smallest absolute Gasteiger partial charge is 0.283 e. The van der Waals surface area contributed by atoms with Gasteiger partial charge in [0.1, 0.15) is 16.5 Å². The van der Waals surface area contributed by atoms with Gasteiger partial charge >= 0.3 is 0 Å². The number of halogens is 2. The zero-order chi connectivity index (χ0) is 17.3. The van der Waals surface area contributed by atoms with E-state index in [4.69, 9.17) is 27.9 Å². The van der Waals surface area contributed by atoms with Crippen LogP contribution in [-0.4, -0.2) is 18.9 Å². The Bertz CT molecular complexity index is 847. The lowest BCUT2D eigenvalue weighted by Gasteiger charge is -2.15. The highest BCUT2D eigenvalue weighted by Crippen LogP contribution is 2.31. The summed E-state index contributed by atoms with van der Waals surface area (Å²) in [6.45, 7) is 0. The second-order valence-electron chi connectivity index (χ2n) is 4.97. The van der Waals surface area contributed by atoms with E-state index in [2.05, 4.69) is 5.32 Å². The third-order valence-electron chi connectivity index (χ3n) is 3.45. The molecular formula is C17H12Cl2N2O3. The van der Waals surface area contributed by atoms with Crippen LogP contribution >= 0.6 is 23.2 Å². The molecule has 1 N–H and O–H groups in total. The van der Waals surface area contributed by atoms with Gasteiger partial charge < -0.3 is 10.1 Å². The molecule has 0 fully saturated rings. The molecule has 7 heteroatoms. The monoisotopic (exact) mass is 362 g/mol. The first kappa shape index (κ1) is 16.4. The Morgan fingerprint density at radius 3 is 2.38 bits per heavy atom. The molecule has 1 heterocycles. The molecule has 0 aliphatic carbocycles. The maximum Gasteiger partial charge on any atom is 0.283 e. The Balaban J connectivity index is 1.91. The summed E-state index contributed by atoms with van der Waals surface area (Å²) >= 11 is 11.9. The van der Waals surface area contributed by atoms with E-state index in [0.717, 1.165) is 4.90 Å². The molecule has 2 aromatic rings. The van der Waals surface area contributed by atoms with Gasteiger partial charge in [-0.05, 0) is 36.4 Å². The maximum atomic E-state index is 12.6. The van der Waals surface area contributed by atoms with Crippen molar-refractivity contribution in [3.8, 4) is 5.75 Å². The maximum absolute atomic E-state index is 12.6. The normalized spacial score (nSPS) is 14.4. The van der Waals surface area contributed by atoms with Crippen LogP contribution in [0.3, 0.4) is 0 Å². The van der Waals surface area contributed by atoms with E-state index in [1.165, 1.54) is 7.11 Å². The largest absolute Gasteiger partial charge is 0.497 e. The number of benzene rings is 2. The summed E-state index contributed by atoms with van der Waals surface area (Å²) in [6, 6.07) is 13.3. The Kier molecular flexibility index (Phi) is 4.46. The van der Waals surface area contributed by atoms with Gasteiger partial charge in [0.2, 0.25) is 0 Å². The molecule has 0 unspecified atom stereocenters. The Labute approximate surface area is 148 Å². The van der Waals surface area contributed by atoms with Gasteiger partial charge in [0.05, 0.1) is 12.8 Å². The fraction of sp³-hybridized carbons (Fsp3) is 0.0588. The number of anilines is 2. The first-order valence-electron chi connectivity index (χ1n) is 6.96. The van der Waals surface area contributed by atoms with E-state index in [0.29, 0.717) is 22.1 Å². The Hall–Kier alpha value is -2.50. The molecule has 1 aliphatic rings. The van der Waals surface area contributed by atoms with Crippen LogP contribution < -0.4 is 15.0 Å². The number of hydrogen-bond acceptors (Lipinski definition) is 4. The molecule has 0 saturated carbocycles. The third kappa shape index (κ3) is 2.96. The predicted molar refractivity (Wildman–Crippen MR) is 93.4 cm³/mol. The number of rotatable bonds is 4. The minimum Gasteiger partial charge on any atom is -0.497 e. The number of ether oxygens (including phenoxy) is 1. The van der Waals surface area contributed by atoms with Crippen molar-refractivity contribution in [1.29, 1.82) is 0 Å². The molecule has 2 aromatic carbocycles. The van der Waals surface area contributed by atoms with Crippen molar-refractivity contribution in [1.82, 2.24) is 0 Å². The number of nitrogens with one attached hydrogen (secondary N) is 1.